The summed E-state index contributed by atoms with van der Waals surface area (Å²) in [4.78, 5) is 38.9. The van der Waals surface area contributed by atoms with Crippen LogP contribution in [0.3, 0.4) is 0 Å². The lowest BCUT2D eigenvalue weighted by Crippen LogP contribution is -2.36. The quantitative estimate of drug-likeness (QED) is 0.265. The summed E-state index contributed by atoms with van der Waals surface area (Å²) in [5, 5.41) is 3.69. The van der Waals surface area contributed by atoms with Crippen LogP contribution in [0.4, 0.5) is 10.5 Å². The van der Waals surface area contributed by atoms with Crippen LogP contribution in [0, 0.1) is 6.92 Å². The molecule has 3 aromatic rings. The minimum absolute atomic E-state index is 0.213. The summed E-state index contributed by atoms with van der Waals surface area (Å²) in [6, 6.07) is 15.5. The number of imide groups is 1. The molecule has 37 heavy (non-hydrogen) atoms. The maximum Gasteiger partial charge on any atom is 0.294 e. The largest absolute Gasteiger partial charge is 0.488 e. The van der Waals surface area contributed by atoms with Crippen molar-refractivity contribution in [3.05, 3.63) is 95.7 Å². The topological polar surface area (TPSA) is 75.7 Å². The maximum absolute atomic E-state index is 12.9. The molecule has 0 radical (unpaired) electrons. The molecule has 0 aliphatic carbocycles. The van der Waals surface area contributed by atoms with E-state index in [2.05, 4.69) is 21.2 Å². The second-order valence-corrected chi connectivity index (χ2v) is 11.1. The van der Waals surface area contributed by atoms with E-state index < -0.39 is 23.6 Å². The van der Waals surface area contributed by atoms with Crippen LogP contribution in [0.15, 0.2) is 64.0 Å². The number of carbonyl (C=O) groups excluding carboxylic acids is 3. The second-order valence-electron chi connectivity index (χ2n) is 7.99. The monoisotopic (exact) mass is 638 g/mol. The van der Waals surface area contributed by atoms with Crippen LogP contribution in [-0.2, 0) is 16.2 Å². The van der Waals surface area contributed by atoms with Gasteiger partial charge in [-0.25, -0.2) is 0 Å². The van der Waals surface area contributed by atoms with Crippen LogP contribution < -0.4 is 10.1 Å². The molecule has 0 aromatic heterocycles. The average molecular weight is 641 g/mol. The number of anilines is 1. The van der Waals surface area contributed by atoms with Gasteiger partial charge in [-0.2, -0.15) is 0 Å². The zero-order valence-corrected chi connectivity index (χ0v) is 23.9. The van der Waals surface area contributed by atoms with Gasteiger partial charge in [0.25, 0.3) is 11.1 Å². The van der Waals surface area contributed by atoms with E-state index in [9.17, 15) is 14.4 Å². The molecule has 0 atom stereocenters. The van der Waals surface area contributed by atoms with Crippen molar-refractivity contribution in [3.63, 3.8) is 0 Å². The predicted octanol–water partition coefficient (Wildman–Crippen LogP) is 7.97. The fraction of sp³-hybridized carbons (Fsp3) is 0.115. The number of hydrogen-bond acceptors (Lipinski definition) is 5. The first-order chi connectivity index (χ1) is 17.6. The number of nitrogens with zero attached hydrogens (tertiary/aromatic N) is 1. The fourth-order valence-electron chi connectivity index (χ4n) is 3.37. The molecular formula is C26H18BrCl3N2O4S. The van der Waals surface area contributed by atoms with E-state index in [1.54, 1.807) is 60.7 Å². The molecule has 190 valence electrons. The summed E-state index contributed by atoms with van der Waals surface area (Å²) < 4.78 is 6.50. The molecular weight excluding hydrogens is 623 g/mol. The number of ether oxygens (including phenoxy) is 1. The van der Waals surface area contributed by atoms with E-state index >= 15 is 0 Å². The first-order valence-corrected chi connectivity index (χ1v) is 13.5. The minimum atomic E-state index is -0.540. The van der Waals surface area contributed by atoms with E-state index in [-0.39, 0.29) is 11.5 Å². The van der Waals surface area contributed by atoms with Gasteiger partial charge in [-0.15, -0.1) is 0 Å². The van der Waals surface area contributed by atoms with Crippen molar-refractivity contribution in [2.24, 2.45) is 0 Å². The van der Waals surface area contributed by atoms with E-state index in [1.807, 2.05) is 6.92 Å². The summed E-state index contributed by atoms with van der Waals surface area (Å²) in [5.41, 5.74) is 2.78. The van der Waals surface area contributed by atoms with Crippen molar-refractivity contribution < 1.29 is 19.1 Å². The lowest BCUT2D eigenvalue weighted by molar-refractivity contribution is -0.127. The summed E-state index contributed by atoms with van der Waals surface area (Å²) in [6.45, 7) is 1.65. The Hall–Kier alpha value is -2.49. The van der Waals surface area contributed by atoms with Gasteiger partial charge in [0.1, 0.15) is 18.9 Å². The number of halogens is 4. The lowest BCUT2D eigenvalue weighted by atomic mass is 10.2. The van der Waals surface area contributed by atoms with E-state index in [1.165, 1.54) is 0 Å². The average Bonchev–Trinajstić information content (AvgIpc) is 3.09. The number of carbonyl (C=O) groups is 3. The molecule has 0 bridgehead atoms. The molecule has 0 unspecified atom stereocenters. The maximum atomic E-state index is 12.9. The van der Waals surface area contributed by atoms with Crippen molar-refractivity contribution in [2.75, 3.05) is 11.9 Å². The third-order valence-electron chi connectivity index (χ3n) is 5.30. The lowest BCUT2D eigenvalue weighted by Gasteiger charge is -2.13. The highest BCUT2D eigenvalue weighted by molar-refractivity contribution is 9.10. The van der Waals surface area contributed by atoms with Crippen LogP contribution in [0.1, 0.15) is 16.7 Å². The molecule has 1 aliphatic heterocycles. The van der Waals surface area contributed by atoms with Gasteiger partial charge in [0.05, 0.1) is 9.38 Å². The van der Waals surface area contributed by atoms with Gasteiger partial charge in [-0.05, 0) is 88.2 Å². The predicted molar refractivity (Wildman–Crippen MR) is 152 cm³/mol. The van der Waals surface area contributed by atoms with Gasteiger partial charge in [0.2, 0.25) is 5.91 Å². The molecule has 3 amide bonds. The normalized spacial score (nSPS) is 14.4. The van der Waals surface area contributed by atoms with Gasteiger partial charge in [-0.3, -0.25) is 19.3 Å². The summed E-state index contributed by atoms with van der Waals surface area (Å²) in [7, 11) is 0. The number of benzene rings is 3. The van der Waals surface area contributed by atoms with Crippen molar-refractivity contribution in [3.8, 4) is 5.75 Å². The van der Waals surface area contributed by atoms with Gasteiger partial charge >= 0.3 is 0 Å². The molecule has 1 fully saturated rings. The molecule has 6 nitrogen and oxygen atoms in total. The first kappa shape index (κ1) is 27.5. The number of nitrogens with one attached hydrogen (secondary N) is 1. The first-order valence-electron chi connectivity index (χ1n) is 10.8. The number of rotatable bonds is 7. The Bertz CT molecular complexity index is 1450. The smallest absolute Gasteiger partial charge is 0.294 e. The number of thioether (sulfide) groups is 1. The molecule has 1 heterocycles. The fourth-order valence-corrected chi connectivity index (χ4v) is 5.35. The molecule has 1 N–H and O–H groups in total. The summed E-state index contributed by atoms with van der Waals surface area (Å²) in [5.74, 6) is -0.468. The Morgan fingerprint density at radius 2 is 1.78 bits per heavy atom. The number of aryl methyl sites for hydroxylation is 1. The van der Waals surface area contributed by atoms with Gasteiger partial charge in [0.15, 0.2) is 0 Å². The Labute approximate surface area is 241 Å². The highest BCUT2D eigenvalue weighted by Gasteiger charge is 2.36. The summed E-state index contributed by atoms with van der Waals surface area (Å²) >= 11 is 22.4. The third kappa shape index (κ3) is 6.89. The van der Waals surface area contributed by atoms with Crippen molar-refractivity contribution in [1.29, 1.82) is 0 Å². The van der Waals surface area contributed by atoms with Gasteiger partial charge < -0.3 is 10.1 Å². The zero-order chi connectivity index (χ0) is 26.7. The van der Waals surface area contributed by atoms with Crippen LogP contribution in [0.5, 0.6) is 5.75 Å². The molecule has 3 aromatic carbocycles. The Morgan fingerprint density at radius 3 is 2.51 bits per heavy atom. The van der Waals surface area contributed by atoms with Gasteiger partial charge in [0, 0.05) is 26.3 Å². The molecule has 0 spiro atoms. The molecule has 1 saturated heterocycles. The molecule has 11 heteroatoms. The minimum Gasteiger partial charge on any atom is -0.488 e. The Balaban J connectivity index is 1.41. The van der Waals surface area contributed by atoms with E-state index in [4.69, 9.17) is 39.5 Å². The van der Waals surface area contributed by atoms with Crippen LogP contribution >= 0.6 is 62.5 Å². The third-order valence-corrected chi connectivity index (χ3v) is 7.65. The Kier molecular flexibility index (Phi) is 8.87. The van der Waals surface area contributed by atoms with Crippen molar-refractivity contribution in [1.82, 2.24) is 4.90 Å². The number of hydrogen-bond donors (Lipinski definition) is 1. The molecule has 1 aliphatic rings. The SMILES string of the molecule is Cc1ccc(Cl)cc1NC(=O)CN1C(=O)S/C(=C/c2ccc(OCc3ccc(Cl)cc3Cl)c(Br)c2)C1=O. The summed E-state index contributed by atoms with van der Waals surface area (Å²) in [6.07, 6.45) is 1.59. The second kappa shape index (κ2) is 11.9. The zero-order valence-electron chi connectivity index (χ0n) is 19.2. The highest BCUT2D eigenvalue weighted by atomic mass is 79.9. The van der Waals surface area contributed by atoms with Gasteiger partial charge in [-0.1, -0.05) is 53.0 Å². The number of amides is 3. The molecule has 4 rings (SSSR count). The Morgan fingerprint density at radius 1 is 1.05 bits per heavy atom. The van der Waals surface area contributed by atoms with Crippen molar-refractivity contribution in [2.45, 2.75) is 13.5 Å². The van der Waals surface area contributed by atoms with Crippen molar-refractivity contribution >= 4 is 91.3 Å². The molecule has 0 saturated carbocycles. The van der Waals surface area contributed by atoms with Crippen LogP contribution in [-0.4, -0.2) is 28.5 Å². The van der Waals surface area contributed by atoms with Crippen LogP contribution in [0.25, 0.3) is 6.08 Å². The standard InChI is InChI=1S/C26H18BrCl3N2O4S/c1-14-2-5-18(29)11-21(14)31-24(33)12-32-25(34)23(37-26(32)35)9-15-3-7-22(19(27)8-15)36-13-16-4-6-17(28)10-20(16)30/h2-11H,12-13H2,1H3,(H,31,33)/b23-9+. The van der Waals surface area contributed by atoms with Crippen LogP contribution in [0.2, 0.25) is 15.1 Å². The van der Waals surface area contributed by atoms with E-state index in [0.29, 0.717) is 36.5 Å². The highest BCUT2D eigenvalue weighted by Crippen LogP contribution is 2.34. The van der Waals surface area contributed by atoms with E-state index in [0.717, 1.165) is 27.8 Å².